The van der Waals surface area contributed by atoms with Crippen LogP contribution >= 0.6 is 0 Å². The van der Waals surface area contributed by atoms with Crippen molar-refractivity contribution in [2.75, 3.05) is 0 Å². The van der Waals surface area contributed by atoms with Crippen LogP contribution in [0, 0.1) is 0 Å². The van der Waals surface area contributed by atoms with Gasteiger partial charge in [-0.15, -0.1) is 10.2 Å². The lowest BCUT2D eigenvalue weighted by Gasteiger charge is -1.93. The molecule has 0 bridgehead atoms. The van der Waals surface area contributed by atoms with Gasteiger partial charge in [0, 0.05) is 5.56 Å². The van der Waals surface area contributed by atoms with Crippen molar-refractivity contribution >= 4 is 24.3 Å². The number of allylic oxidation sites excluding steroid dienone is 1. The molecule has 0 amide bonds. The monoisotopic (exact) mass is 199 g/mol. The molecule has 1 aliphatic carbocycles. The van der Waals surface area contributed by atoms with Gasteiger partial charge >= 0.3 is 0 Å². The molecule has 0 fully saturated rings. The summed E-state index contributed by atoms with van der Waals surface area (Å²) in [6, 6.07) is 3.73. The summed E-state index contributed by atoms with van der Waals surface area (Å²) in [6.07, 6.45) is 3.53. The van der Waals surface area contributed by atoms with Crippen LogP contribution in [0.25, 0.3) is 12.2 Å². The highest BCUT2D eigenvalue weighted by Gasteiger charge is 2.13. The van der Waals surface area contributed by atoms with E-state index in [1.54, 1.807) is 12.2 Å². The highest BCUT2D eigenvalue weighted by molar-refractivity contribution is 5.78. The van der Waals surface area contributed by atoms with Gasteiger partial charge in [-0.1, -0.05) is 6.07 Å². The Morgan fingerprint density at radius 3 is 3.07 bits per heavy atom. The minimum Gasteiger partial charge on any atom is -0.429 e. The number of carbonyl (C=O) groups is 1. The van der Waals surface area contributed by atoms with Crippen LogP contribution in [-0.4, -0.2) is 6.47 Å². The van der Waals surface area contributed by atoms with E-state index in [1.807, 2.05) is 12.1 Å². The molecule has 0 spiro atoms. The molecule has 1 heterocycles. The van der Waals surface area contributed by atoms with Crippen molar-refractivity contribution in [1.82, 2.24) is 0 Å². The molecule has 0 atom stereocenters. The van der Waals surface area contributed by atoms with Gasteiger partial charge in [-0.2, -0.15) is 0 Å². The molecule has 1 aliphatic heterocycles. The van der Waals surface area contributed by atoms with E-state index >= 15 is 0 Å². The number of ether oxygens (including phenoxy) is 1. The molecule has 1 aromatic rings. The van der Waals surface area contributed by atoms with Gasteiger partial charge in [0.2, 0.25) is 0 Å². The molecule has 1 aromatic carbocycles. The summed E-state index contributed by atoms with van der Waals surface area (Å²) in [7, 11) is 0. The largest absolute Gasteiger partial charge is 0.429 e. The number of hydrogen-bond acceptors (Lipinski definition) is 5. The molecule has 0 N–H and O–H groups in total. The van der Waals surface area contributed by atoms with Crippen LogP contribution < -0.4 is 10.6 Å². The first kappa shape index (κ1) is 8.05. The Morgan fingerprint density at radius 2 is 2.20 bits per heavy atom. The predicted molar refractivity (Wildman–Crippen MR) is 51.3 cm³/mol. The molecule has 0 saturated heterocycles. The number of rotatable bonds is 2. The Labute approximate surface area is 84.1 Å². The van der Waals surface area contributed by atoms with Gasteiger partial charge < -0.3 is 4.74 Å². The average Bonchev–Trinajstić information content (AvgIpc) is 2.80. The molecule has 5 nitrogen and oxygen atoms in total. The van der Waals surface area contributed by atoms with E-state index in [2.05, 4.69) is 15.4 Å². The average molecular weight is 199 g/mol. The standard InChI is InChI=1S/C10H5N3O2/c14-5-15-7-3-6-1-2-9-10(8(6)4-7)12-13-11-9/h1-5H. The van der Waals surface area contributed by atoms with Crippen molar-refractivity contribution in [1.29, 1.82) is 0 Å². The van der Waals surface area contributed by atoms with E-state index < -0.39 is 0 Å². The van der Waals surface area contributed by atoms with Crippen LogP contribution in [0.1, 0.15) is 5.56 Å². The lowest BCUT2D eigenvalue weighted by atomic mass is 10.1. The predicted octanol–water partition coefficient (Wildman–Crippen LogP) is 0.626. The number of nitrogens with zero attached hydrogens (tertiary/aromatic N) is 3. The Balaban J connectivity index is 2.24. The minimum atomic E-state index is 0.403. The Bertz CT molecular complexity index is 629. The lowest BCUT2D eigenvalue weighted by molar-refractivity contribution is -0.124. The van der Waals surface area contributed by atoms with Crippen molar-refractivity contribution in [2.45, 2.75) is 0 Å². The zero-order valence-electron chi connectivity index (χ0n) is 7.54. The second kappa shape index (κ2) is 2.84. The molecule has 2 aliphatic rings. The second-order valence-corrected chi connectivity index (χ2v) is 3.13. The zero-order chi connectivity index (χ0) is 10.3. The van der Waals surface area contributed by atoms with Gasteiger partial charge in [-0.05, 0) is 28.7 Å². The van der Waals surface area contributed by atoms with E-state index in [4.69, 9.17) is 4.74 Å². The maximum absolute atomic E-state index is 10.2. The highest BCUT2D eigenvalue weighted by Crippen LogP contribution is 2.21. The zero-order valence-corrected chi connectivity index (χ0v) is 7.54. The van der Waals surface area contributed by atoms with Crippen molar-refractivity contribution in [3.8, 4) is 0 Å². The smallest absolute Gasteiger partial charge is 0.298 e. The Morgan fingerprint density at radius 1 is 1.27 bits per heavy atom. The van der Waals surface area contributed by atoms with Crippen LogP contribution in [0.4, 0.5) is 5.69 Å². The minimum absolute atomic E-state index is 0.403. The summed E-state index contributed by atoms with van der Waals surface area (Å²) in [5.74, 6) is 0.510. The second-order valence-electron chi connectivity index (χ2n) is 3.13. The fraction of sp³-hybridized carbons (Fsp3) is 0. The Hall–Kier alpha value is -2.30. The molecule has 0 aromatic heterocycles. The lowest BCUT2D eigenvalue weighted by Crippen LogP contribution is -2.09. The SMILES string of the molecule is O=COC1=Cc2c3c(ccc2=C1)=NN=N3. The Kier molecular flexibility index (Phi) is 1.53. The van der Waals surface area contributed by atoms with Crippen LogP contribution in [0.2, 0.25) is 0 Å². The van der Waals surface area contributed by atoms with Crippen LogP contribution in [0.3, 0.4) is 0 Å². The first-order chi connectivity index (χ1) is 7.38. The molecule has 0 unspecified atom stereocenters. The van der Waals surface area contributed by atoms with Gasteiger partial charge in [0.25, 0.3) is 6.47 Å². The molecular weight excluding hydrogens is 194 g/mol. The first-order valence-electron chi connectivity index (χ1n) is 4.34. The molecule has 0 radical (unpaired) electrons. The molecule has 15 heavy (non-hydrogen) atoms. The molecule has 72 valence electrons. The summed E-state index contributed by atoms with van der Waals surface area (Å²) in [6.45, 7) is 0.403. The summed E-state index contributed by atoms with van der Waals surface area (Å²) >= 11 is 0. The third kappa shape index (κ3) is 1.10. The van der Waals surface area contributed by atoms with Crippen molar-refractivity contribution in [2.24, 2.45) is 15.4 Å². The van der Waals surface area contributed by atoms with E-state index in [0.717, 1.165) is 21.8 Å². The van der Waals surface area contributed by atoms with Crippen molar-refractivity contribution in [3.63, 3.8) is 0 Å². The van der Waals surface area contributed by atoms with Crippen molar-refractivity contribution in [3.05, 3.63) is 34.0 Å². The number of carbonyl (C=O) groups excluding carboxylic acids is 1. The van der Waals surface area contributed by atoms with Gasteiger partial charge in [0.1, 0.15) is 16.8 Å². The van der Waals surface area contributed by atoms with Crippen LogP contribution in [-0.2, 0) is 9.53 Å². The fourth-order valence-electron chi connectivity index (χ4n) is 1.65. The van der Waals surface area contributed by atoms with E-state index in [-0.39, 0.29) is 0 Å². The molecule has 5 heteroatoms. The first-order valence-corrected chi connectivity index (χ1v) is 4.34. The van der Waals surface area contributed by atoms with Crippen LogP contribution in [0.5, 0.6) is 0 Å². The summed E-state index contributed by atoms with van der Waals surface area (Å²) in [5.41, 5.74) is 1.63. The maximum atomic E-state index is 10.2. The quantitative estimate of drug-likeness (QED) is 0.655. The van der Waals surface area contributed by atoms with E-state index in [9.17, 15) is 4.79 Å². The normalized spacial score (nSPS) is 14.8. The highest BCUT2D eigenvalue weighted by atomic mass is 16.5. The fourth-order valence-corrected chi connectivity index (χ4v) is 1.65. The number of fused-ring (bicyclic) bond motifs is 3. The topological polar surface area (TPSA) is 63.4 Å². The van der Waals surface area contributed by atoms with E-state index in [1.165, 1.54) is 0 Å². The summed E-state index contributed by atoms with van der Waals surface area (Å²) < 4.78 is 4.77. The van der Waals surface area contributed by atoms with Crippen molar-refractivity contribution < 1.29 is 9.53 Å². The van der Waals surface area contributed by atoms with Gasteiger partial charge in [-0.25, -0.2) is 0 Å². The van der Waals surface area contributed by atoms with Crippen LogP contribution in [0.15, 0.2) is 33.3 Å². The van der Waals surface area contributed by atoms with Gasteiger partial charge in [0.05, 0.1) is 0 Å². The number of benzene rings is 1. The third-order valence-electron chi connectivity index (χ3n) is 2.30. The van der Waals surface area contributed by atoms with Gasteiger partial charge in [-0.3, -0.25) is 4.79 Å². The summed E-state index contributed by atoms with van der Waals surface area (Å²) in [5, 5.41) is 13.1. The molecule has 0 saturated carbocycles. The molecular formula is C10H5N3O2. The maximum Gasteiger partial charge on any atom is 0.298 e. The van der Waals surface area contributed by atoms with E-state index in [0.29, 0.717) is 12.2 Å². The van der Waals surface area contributed by atoms with Gasteiger partial charge in [0.15, 0.2) is 0 Å². The number of hydrogen-bond donors (Lipinski definition) is 0. The summed E-state index contributed by atoms with van der Waals surface area (Å²) in [4.78, 5) is 10.2. The third-order valence-corrected chi connectivity index (χ3v) is 2.30. The molecule has 3 rings (SSSR count).